The molecular formula is C15H16Br2ClNS. The molecule has 0 aliphatic heterocycles. The summed E-state index contributed by atoms with van der Waals surface area (Å²) in [5.41, 5.74) is 1.15. The molecule has 5 heteroatoms. The quantitative estimate of drug-likeness (QED) is 0.566. The number of benzene rings is 1. The molecule has 0 bridgehead atoms. The van der Waals surface area contributed by atoms with E-state index >= 15 is 0 Å². The molecule has 0 radical (unpaired) electrons. The molecule has 1 aromatic heterocycles. The molecule has 1 N–H and O–H groups in total. The summed E-state index contributed by atoms with van der Waals surface area (Å²) < 4.78 is 2.10. The van der Waals surface area contributed by atoms with Crippen molar-refractivity contribution in [3.05, 3.63) is 54.1 Å². The van der Waals surface area contributed by atoms with E-state index in [2.05, 4.69) is 61.6 Å². The van der Waals surface area contributed by atoms with Crippen LogP contribution in [0.5, 0.6) is 0 Å². The second-order valence-electron chi connectivity index (χ2n) is 4.59. The molecule has 0 amide bonds. The molecule has 1 nitrogen and oxygen atoms in total. The third-order valence-corrected chi connectivity index (χ3v) is 6.06. The summed E-state index contributed by atoms with van der Waals surface area (Å²) in [7, 11) is 0. The van der Waals surface area contributed by atoms with Gasteiger partial charge in [-0.05, 0) is 62.5 Å². The fourth-order valence-corrected chi connectivity index (χ4v) is 4.20. The maximum atomic E-state index is 6.45. The third-order valence-electron chi connectivity index (χ3n) is 3.02. The molecule has 1 aromatic carbocycles. The Hall–Kier alpha value is 0.130. The second-order valence-corrected chi connectivity index (χ2v) is 7.73. The monoisotopic (exact) mass is 435 g/mol. The SMILES string of the molecule is CCCNC(Cc1cc(Br)cs1)c1cccc(Br)c1Cl. The molecule has 0 spiro atoms. The van der Waals surface area contributed by atoms with Gasteiger partial charge >= 0.3 is 0 Å². The Balaban J connectivity index is 2.24. The van der Waals surface area contributed by atoms with Gasteiger partial charge in [-0.25, -0.2) is 0 Å². The van der Waals surface area contributed by atoms with Gasteiger partial charge in [-0.1, -0.05) is 30.7 Å². The summed E-state index contributed by atoms with van der Waals surface area (Å²) in [6.07, 6.45) is 2.06. The van der Waals surface area contributed by atoms with E-state index < -0.39 is 0 Å². The van der Waals surface area contributed by atoms with Gasteiger partial charge < -0.3 is 5.32 Å². The van der Waals surface area contributed by atoms with Crippen molar-refractivity contribution in [3.63, 3.8) is 0 Å². The molecule has 1 heterocycles. The van der Waals surface area contributed by atoms with E-state index in [9.17, 15) is 0 Å². The van der Waals surface area contributed by atoms with Crippen molar-refractivity contribution in [3.8, 4) is 0 Å². The number of halogens is 3. The minimum Gasteiger partial charge on any atom is -0.310 e. The fraction of sp³-hybridized carbons (Fsp3) is 0.333. The van der Waals surface area contributed by atoms with Crippen molar-refractivity contribution in [2.24, 2.45) is 0 Å². The van der Waals surface area contributed by atoms with Crippen LogP contribution >= 0.6 is 54.8 Å². The lowest BCUT2D eigenvalue weighted by atomic mass is 10.0. The van der Waals surface area contributed by atoms with Crippen molar-refractivity contribution in [1.82, 2.24) is 5.32 Å². The number of rotatable bonds is 6. The van der Waals surface area contributed by atoms with Crippen molar-refractivity contribution < 1.29 is 0 Å². The standard InChI is InChI=1S/C15H16Br2ClNS/c1-2-6-19-14(8-11-7-10(16)9-20-11)12-4-3-5-13(17)15(12)18/h3-5,7,9,14,19H,2,6,8H2,1H3. The number of hydrogen-bond donors (Lipinski definition) is 1. The predicted octanol–water partition coefficient (Wildman–Crippen LogP) is 6.21. The van der Waals surface area contributed by atoms with Gasteiger partial charge in [0.25, 0.3) is 0 Å². The minimum atomic E-state index is 0.241. The van der Waals surface area contributed by atoms with Crippen LogP contribution < -0.4 is 5.32 Å². The Kier molecular flexibility index (Phi) is 6.56. The van der Waals surface area contributed by atoms with Crippen LogP contribution in [0.15, 0.2) is 38.6 Å². The highest BCUT2D eigenvalue weighted by Crippen LogP contribution is 2.33. The number of thiophene rings is 1. The van der Waals surface area contributed by atoms with E-state index in [4.69, 9.17) is 11.6 Å². The zero-order chi connectivity index (χ0) is 14.5. The molecule has 0 fully saturated rings. The molecule has 20 heavy (non-hydrogen) atoms. The Morgan fingerprint density at radius 3 is 2.80 bits per heavy atom. The van der Waals surface area contributed by atoms with E-state index in [-0.39, 0.29) is 6.04 Å². The first-order valence-electron chi connectivity index (χ1n) is 6.52. The van der Waals surface area contributed by atoms with Gasteiger partial charge in [-0.15, -0.1) is 11.3 Å². The summed E-state index contributed by atoms with van der Waals surface area (Å²) in [4.78, 5) is 1.35. The zero-order valence-electron chi connectivity index (χ0n) is 11.1. The molecule has 0 saturated carbocycles. The van der Waals surface area contributed by atoms with E-state index in [0.29, 0.717) is 0 Å². The van der Waals surface area contributed by atoms with Crippen LogP contribution in [0.2, 0.25) is 5.02 Å². The maximum absolute atomic E-state index is 6.45. The fourth-order valence-electron chi connectivity index (χ4n) is 2.06. The average molecular weight is 438 g/mol. The minimum absolute atomic E-state index is 0.241. The van der Waals surface area contributed by atoms with Gasteiger partial charge in [-0.2, -0.15) is 0 Å². The largest absolute Gasteiger partial charge is 0.310 e. The summed E-state index contributed by atoms with van der Waals surface area (Å²) in [6, 6.07) is 8.53. The maximum Gasteiger partial charge on any atom is 0.0595 e. The molecule has 2 rings (SSSR count). The van der Waals surface area contributed by atoms with Gasteiger partial charge in [0.2, 0.25) is 0 Å². The van der Waals surface area contributed by atoms with Gasteiger partial charge in [0.05, 0.1) is 5.02 Å². The van der Waals surface area contributed by atoms with E-state index in [0.717, 1.165) is 38.9 Å². The molecule has 2 aromatic rings. The van der Waals surface area contributed by atoms with Crippen LogP contribution in [0.3, 0.4) is 0 Å². The average Bonchev–Trinajstić information content (AvgIpc) is 2.83. The van der Waals surface area contributed by atoms with Crippen LogP contribution in [0.4, 0.5) is 0 Å². The zero-order valence-corrected chi connectivity index (χ0v) is 15.9. The Bertz CT molecular complexity index is 571. The summed E-state index contributed by atoms with van der Waals surface area (Å²) in [5, 5.41) is 6.52. The summed E-state index contributed by atoms with van der Waals surface area (Å²) >= 11 is 15.2. The Morgan fingerprint density at radius 1 is 1.35 bits per heavy atom. The Morgan fingerprint density at radius 2 is 2.15 bits per heavy atom. The molecule has 1 unspecified atom stereocenters. The van der Waals surface area contributed by atoms with Crippen LogP contribution in [0.25, 0.3) is 0 Å². The normalized spacial score (nSPS) is 12.6. The van der Waals surface area contributed by atoms with Gasteiger partial charge in [0, 0.05) is 31.7 Å². The lowest BCUT2D eigenvalue weighted by molar-refractivity contribution is 0.532. The van der Waals surface area contributed by atoms with Gasteiger partial charge in [-0.3, -0.25) is 0 Å². The predicted molar refractivity (Wildman–Crippen MR) is 95.9 cm³/mol. The molecule has 0 saturated heterocycles. The third kappa shape index (κ3) is 4.31. The van der Waals surface area contributed by atoms with E-state index in [1.807, 2.05) is 12.1 Å². The van der Waals surface area contributed by atoms with Gasteiger partial charge in [0.15, 0.2) is 0 Å². The number of nitrogens with one attached hydrogen (secondary N) is 1. The van der Waals surface area contributed by atoms with E-state index in [1.165, 1.54) is 4.88 Å². The van der Waals surface area contributed by atoms with Crippen LogP contribution in [0.1, 0.15) is 29.8 Å². The molecule has 0 aliphatic carbocycles. The first-order chi connectivity index (χ1) is 9.61. The summed E-state index contributed by atoms with van der Waals surface area (Å²) in [6.45, 7) is 3.16. The molecule has 1 atom stereocenters. The first kappa shape index (κ1) is 16.5. The lowest BCUT2D eigenvalue weighted by Crippen LogP contribution is -2.24. The lowest BCUT2D eigenvalue weighted by Gasteiger charge is -2.20. The summed E-state index contributed by atoms with van der Waals surface area (Å²) in [5.74, 6) is 0. The highest BCUT2D eigenvalue weighted by Gasteiger charge is 2.17. The van der Waals surface area contributed by atoms with Gasteiger partial charge in [0.1, 0.15) is 0 Å². The second kappa shape index (κ2) is 7.95. The van der Waals surface area contributed by atoms with E-state index in [1.54, 1.807) is 11.3 Å². The Labute approximate surface area is 146 Å². The molecule has 0 aliphatic rings. The van der Waals surface area contributed by atoms with Crippen LogP contribution in [0, 0.1) is 0 Å². The highest BCUT2D eigenvalue weighted by molar-refractivity contribution is 9.10. The van der Waals surface area contributed by atoms with Crippen molar-refractivity contribution in [2.75, 3.05) is 6.54 Å². The smallest absolute Gasteiger partial charge is 0.0595 e. The van der Waals surface area contributed by atoms with Crippen molar-refractivity contribution in [2.45, 2.75) is 25.8 Å². The van der Waals surface area contributed by atoms with Crippen LogP contribution in [-0.2, 0) is 6.42 Å². The molecule has 108 valence electrons. The van der Waals surface area contributed by atoms with Crippen LogP contribution in [-0.4, -0.2) is 6.54 Å². The van der Waals surface area contributed by atoms with Crippen molar-refractivity contribution >= 4 is 54.8 Å². The first-order valence-corrected chi connectivity index (χ1v) is 9.36. The van der Waals surface area contributed by atoms with Crippen molar-refractivity contribution in [1.29, 1.82) is 0 Å². The number of hydrogen-bond acceptors (Lipinski definition) is 2. The topological polar surface area (TPSA) is 12.0 Å². The highest BCUT2D eigenvalue weighted by atomic mass is 79.9. The molecular weight excluding hydrogens is 422 g/mol.